The molecule has 172 valence electrons. The van der Waals surface area contributed by atoms with E-state index in [0.29, 0.717) is 24.2 Å². The van der Waals surface area contributed by atoms with Crippen molar-refractivity contribution in [3.05, 3.63) is 54.1 Å². The van der Waals surface area contributed by atoms with E-state index in [1.165, 1.54) is 0 Å². The summed E-state index contributed by atoms with van der Waals surface area (Å²) >= 11 is 0. The van der Waals surface area contributed by atoms with E-state index in [9.17, 15) is 9.59 Å². The number of ether oxygens (including phenoxy) is 2. The van der Waals surface area contributed by atoms with Gasteiger partial charge in [-0.05, 0) is 61.2 Å². The second kappa shape index (κ2) is 9.83. The molecule has 2 aliphatic rings. The molecule has 0 aliphatic heterocycles. The molecule has 0 saturated carbocycles. The van der Waals surface area contributed by atoms with Gasteiger partial charge in [0.1, 0.15) is 5.75 Å². The minimum atomic E-state index is -2.33. The lowest BCUT2D eigenvalue weighted by atomic mass is 9.81. The normalized spacial score (nSPS) is 23.1. The molecule has 33 heavy (non-hydrogen) atoms. The first-order valence-electron chi connectivity index (χ1n) is 11.1. The highest BCUT2D eigenvalue weighted by Gasteiger charge is 2.50. The minimum Gasteiger partial charge on any atom is -0.482 e. The van der Waals surface area contributed by atoms with E-state index in [-0.39, 0.29) is 17.4 Å². The van der Waals surface area contributed by atoms with Gasteiger partial charge >= 0.3 is 5.97 Å². The predicted octanol–water partition coefficient (Wildman–Crippen LogP) is 4.60. The number of carbonyl (C=O) groups is 2. The average Bonchev–Trinajstić information content (AvgIpc) is 2.75. The number of fused-ring (bicyclic) bond motifs is 2. The van der Waals surface area contributed by atoms with Crippen molar-refractivity contribution >= 4 is 20.1 Å². The molecule has 2 aliphatic carbocycles. The quantitative estimate of drug-likeness (QED) is 0.351. The second-order valence-electron chi connectivity index (χ2n) is 9.58. The van der Waals surface area contributed by atoms with Gasteiger partial charge in [-0.15, -0.1) is 0 Å². The number of para-hydroxylation sites is 1. The van der Waals surface area contributed by atoms with Gasteiger partial charge in [0.25, 0.3) is 0 Å². The number of hydrogen-bond acceptors (Lipinski definition) is 5. The van der Waals surface area contributed by atoms with Gasteiger partial charge in [-0.2, -0.15) is 0 Å². The topological polar surface area (TPSA) is 61.8 Å². The molecule has 0 aromatic heterocycles. The van der Waals surface area contributed by atoms with Gasteiger partial charge in [-0.1, -0.05) is 62.8 Å². The maximum absolute atomic E-state index is 13.8. The summed E-state index contributed by atoms with van der Waals surface area (Å²) in [5.41, 5.74) is -0.966. The second-order valence-corrected chi connectivity index (χ2v) is 14.3. The predicted molar refractivity (Wildman–Crippen MR) is 130 cm³/mol. The summed E-state index contributed by atoms with van der Waals surface area (Å²) in [6.45, 7) is 10.3. The summed E-state index contributed by atoms with van der Waals surface area (Å²) in [5.74, 6) is 11.4. The van der Waals surface area contributed by atoms with Crippen LogP contribution in [-0.2, 0) is 18.8 Å². The van der Waals surface area contributed by atoms with Crippen LogP contribution < -0.4 is 4.74 Å². The van der Waals surface area contributed by atoms with Crippen LogP contribution in [-0.4, -0.2) is 38.4 Å². The van der Waals surface area contributed by atoms with E-state index in [4.69, 9.17) is 13.9 Å². The Morgan fingerprint density at radius 1 is 1.15 bits per heavy atom. The Labute approximate surface area is 197 Å². The maximum Gasteiger partial charge on any atom is 0.345 e. The van der Waals surface area contributed by atoms with E-state index < -0.39 is 26.0 Å². The number of hydrogen-bond donors (Lipinski definition) is 0. The molecular weight excluding hydrogens is 432 g/mol. The number of ketones is 1. The number of allylic oxidation sites excluding steroid dienone is 3. The number of Topliss-reactive ketones (excluding diaryl/α,β-unsaturated/α-hetero) is 1. The highest BCUT2D eigenvalue weighted by molar-refractivity contribution is 6.74. The summed E-state index contributed by atoms with van der Waals surface area (Å²) in [5, 5.41) is -0.101. The fourth-order valence-corrected chi connectivity index (χ4v) is 4.71. The van der Waals surface area contributed by atoms with Crippen LogP contribution in [0.1, 0.15) is 33.6 Å². The zero-order chi connectivity index (χ0) is 24.1. The van der Waals surface area contributed by atoms with Crippen LogP contribution in [0.5, 0.6) is 5.75 Å². The molecule has 3 rings (SSSR count). The van der Waals surface area contributed by atoms with Crippen molar-refractivity contribution in [1.29, 1.82) is 0 Å². The molecule has 1 aromatic carbocycles. The molecule has 0 saturated heterocycles. The van der Waals surface area contributed by atoms with Gasteiger partial charge in [0, 0.05) is 5.57 Å². The van der Waals surface area contributed by atoms with Crippen molar-refractivity contribution in [2.45, 2.75) is 63.5 Å². The third-order valence-electron chi connectivity index (χ3n) is 6.10. The first kappa shape index (κ1) is 24.6. The van der Waals surface area contributed by atoms with E-state index in [0.717, 1.165) is 0 Å². The van der Waals surface area contributed by atoms with E-state index in [2.05, 4.69) is 57.5 Å². The summed E-state index contributed by atoms with van der Waals surface area (Å²) in [6, 6.07) is 8.98. The molecule has 2 bridgehead atoms. The molecule has 2 atom stereocenters. The van der Waals surface area contributed by atoms with Gasteiger partial charge in [-0.25, -0.2) is 4.79 Å². The first-order chi connectivity index (χ1) is 15.5. The number of esters is 1. The van der Waals surface area contributed by atoms with Gasteiger partial charge in [-0.3, -0.25) is 4.79 Å². The third kappa shape index (κ3) is 5.84. The standard InChI is InChI=1S/C27H30O5Si/c1-26(2,3)33(4,5)32-27-18-12-7-6-11-17-23(22(25(27)29)16-13-19-27)31-24(28)20-30-21-14-9-8-10-15-21/h6-10,14-16,23H,13,19-20H2,1-5H3/b7-6+. The highest BCUT2D eigenvalue weighted by atomic mass is 28.4. The fourth-order valence-electron chi connectivity index (χ4n) is 3.29. The van der Waals surface area contributed by atoms with Crippen LogP contribution in [0.15, 0.2) is 54.1 Å². The number of rotatable bonds is 6. The van der Waals surface area contributed by atoms with Gasteiger partial charge in [0.15, 0.2) is 26.6 Å². The lowest BCUT2D eigenvalue weighted by Crippen LogP contribution is -2.55. The van der Waals surface area contributed by atoms with Crippen molar-refractivity contribution in [1.82, 2.24) is 0 Å². The van der Waals surface area contributed by atoms with Crippen LogP contribution in [0, 0.1) is 23.7 Å². The van der Waals surface area contributed by atoms with E-state index in [1.54, 1.807) is 30.4 Å². The van der Waals surface area contributed by atoms with Crippen LogP contribution >= 0.6 is 0 Å². The molecule has 0 amide bonds. The first-order valence-corrected chi connectivity index (χ1v) is 14.0. The van der Waals surface area contributed by atoms with E-state index in [1.807, 2.05) is 18.2 Å². The van der Waals surface area contributed by atoms with Crippen molar-refractivity contribution in [3.8, 4) is 29.4 Å². The Morgan fingerprint density at radius 3 is 2.55 bits per heavy atom. The highest BCUT2D eigenvalue weighted by Crippen LogP contribution is 2.42. The molecule has 0 fully saturated rings. The average molecular weight is 463 g/mol. The maximum atomic E-state index is 13.8. The van der Waals surface area contributed by atoms with Crippen molar-refractivity contribution in [3.63, 3.8) is 0 Å². The lowest BCUT2D eigenvalue weighted by molar-refractivity contribution is -0.148. The zero-order valence-electron chi connectivity index (χ0n) is 19.9. The SMILES string of the molecule is CC(C)(C)[Si](C)(C)OC12C#C/C=C/C#CC(OC(=O)COc3ccccc3)C(=CCC1)C2=O. The third-order valence-corrected chi connectivity index (χ3v) is 10.6. The van der Waals surface area contributed by atoms with E-state index >= 15 is 0 Å². The Balaban J connectivity index is 1.85. The summed E-state index contributed by atoms with van der Waals surface area (Å²) in [7, 11) is -2.33. The molecule has 6 heteroatoms. The largest absolute Gasteiger partial charge is 0.482 e. The van der Waals surface area contributed by atoms with Crippen molar-refractivity contribution < 1.29 is 23.5 Å². The van der Waals surface area contributed by atoms with Crippen LogP contribution in [0.4, 0.5) is 0 Å². The molecule has 0 spiro atoms. The Hall–Kier alpha value is -3.06. The van der Waals surface area contributed by atoms with Gasteiger partial charge < -0.3 is 13.9 Å². The lowest BCUT2D eigenvalue weighted by Gasteiger charge is -2.44. The molecule has 0 radical (unpaired) electrons. The van der Waals surface area contributed by atoms with Crippen molar-refractivity contribution in [2.24, 2.45) is 0 Å². The molecule has 2 unspecified atom stereocenters. The van der Waals surface area contributed by atoms with Gasteiger partial charge in [0.2, 0.25) is 5.78 Å². The van der Waals surface area contributed by atoms with Crippen LogP contribution in [0.3, 0.4) is 0 Å². The van der Waals surface area contributed by atoms with Gasteiger partial charge in [0.05, 0.1) is 0 Å². The Morgan fingerprint density at radius 2 is 1.85 bits per heavy atom. The van der Waals surface area contributed by atoms with Crippen molar-refractivity contribution in [2.75, 3.05) is 6.61 Å². The summed E-state index contributed by atoms with van der Waals surface area (Å²) in [4.78, 5) is 26.3. The smallest absolute Gasteiger partial charge is 0.345 e. The minimum absolute atomic E-state index is 0.101. The molecule has 5 nitrogen and oxygen atoms in total. The monoisotopic (exact) mass is 462 g/mol. The summed E-state index contributed by atoms with van der Waals surface area (Å²) < 4.78 is 17.7. The van der Waals surface area contributed by atoms with Crippen LogP contribution in [0.25, 0.3) is 0 Å². The molecule has 0 N–H and O–H groups in total. The zero-order valence-corrected chi connectivity index (χ0v) is 20.9. The molecule has 1 aromatic rings. The Bertz CT molecular complexity index is 1090. The fraction of sp³-hybridized carbons (Fsp3) is 0.407. The van der Waals surface area contributed by atoms with Crippen LogP contribution in [0.2, 0.25) is 18.1 Å². The number of carbonyl (C=O) groups excluding carboxylic acids is 2. The summed E-state index contributed by atoms with van der Waals surface area (Å²) in [6.07, 6.45) is 4.97. The molecule has 0 heterocycles. The Kier molecular flexibility index (Phi) is 7.32. The number of benzene rings is 1. The molecular formula is C27H30O5Si.